The largest absolute Gasteiger partial charge is 0.423 e. The third-order valence-electron chi connectivity index (χ3n) is 4.08. The molecule has 1 heterocycles. The van der Waals surface area contributed by atoms with Gasteiger partial charge in [-0.1, -0.05) is 24.3 Å². The van der Waals surface area contributed by atoms with E-state index >= 15 is 0 Å². The molecule has 0 aliphatic carbocycles. The predicted octanol–water partition coefficient (Wildman–Crippen LogP) is 4.15. The topological polar surface area (TPSA) is 68.5 Å². The van der Waals surface area contributed by atoms with Gasteiger partial charge >= 0.3 is 5.97 Å². The van der Waals surface area contributed by atoms with Crippen LogP contribution in [0.15, 0.2) is 54.6 Å². The Bertz CT molecular complexity index is 878. The minimum atomic E-state index is -0.735. The lowest BCUT2D eigenvalue weighted by atomic mass is 10.1. The zero-order valence-corrected chi connectivity index (χ0v) is 14.7. The van der Waals surface area contributed by atoms with E-state index in [0.29, 0.717) is 18.8 Å². The van der Waals surface area contributed by atoms with Gasteiger partial charge in [0.15, 0.2) is 6.29 Å². The summed E-state index contributed by atoms with van der Waals surface area (Å²) in [5.41, 5.74) is 1.00. The molecule has 0 spiro atoms. The van der Waals surface area contributed by atoms with Gasteiger partial charge in [-0.3, -0.25) is 0 Å². The van der Waals surface area contributed by atoms with Crippen LogP contribution in [-0.2, 0) is 9.47 Å². The van der Waals surface area contributed by atoms with Crippen LogP contribution in [0.1, 0.15) is 34.7 Å². The van der Waals surface area contributed by atoms with Crippen molar-refractivity contribution >= 4 is 5.97 Å². The Morgan fingerprint density at radius 3 is 2.52 bits per heavy atom. The molecule has 3 rings (SSSR count). The Balaban J connectivity index is 1.62. The fourth-order valence-corrected chi connectivity index (χ4v) is 2.69. The third kappa shape index (κ3) is 4.59. The van der Waals surface area contributed by atoms with Gasteiger partial charge < -0.3 is 14.2 Å². The number of ether oxygens (including phenoxy) is 3. The number of rotatable bonds is 4. The third-order valence-corrected chi connectivity index (χ3v) is 4.08. The van der Waals surface area contributed by atoms with Gasteiger partial charge in [-0.25, -0.2) is 9.18 Å². The molecule has 0 radical (unpaired) electrons. The van der Waals surface area contributed by atoms with Gasteiger partial charge in [0.1, 0.15) is 17.6 Å². The van der Waals surface area contributed by atoms with Crippen molar-refractivity contribution in [1.82, 2.24) is 0 Å². The molecule has 1 saturated heterocycles. The van der Waals surface area contributed by atoms with E-state index in [0.717, 1.165) is 11.6 Å². The van der Waals surface area contributed by atoms with Gasteiger partial charge in [-0.2, -0.15) is 5.26 Å². The van der Waals surface area contributed by atoms with E-state index in [2.05, 4.69) is 0 Å². The van der Waals surface area contributed by atoms with Crippen molar-refractivity contribution < 1.29 is 23.4 Å². The molecule has 0 unspecified atom stereocenters. The molecular formula is C21H18FNO4. The van der Waals surface area contributed by atoms with E-state index in [1.807, 2.05) is 19.1 Å². The van der Waals surface area contributed by atoms with Gasteiger partial charge in [0.2, 0.25) is 0 Å². The van der Waals surface area contributed by atoms with Crippen molar-refractivity contribution in [3.63, 3.8) is 0 Å². The maximum absolute atomic E-state index is 13.6. The number of allylic oxidation sites excluding steroid dienone is 1. The van der Waals surface area contributed by atoms with Crippen LogP contribution in [0.25, 0.3) is 0 Å². The van der Waals surface area contributed by atoms with Gasteiger partial charge in [-0.05, 0) is 31.2 Å². The van der Waals surface area contributed by atoms with Crippen LogP contribution < -0.4 is 4.74 Å². The number of nitriles is 1. The van der Waals surface area contributed by atoms with E-state index in [9.17, 15) is 9.18 Å². The van der Waals surface area contributed by atoms with Crippen LogP contribution in [0.4, 0.5) is 4.39 Å². The van der Waals surface area contributed by atoms with Crippen molar-refractivity contribution in [3.05, 3.63) is 77.1 Å². The smallest absolute Gasteiger partial charge is 0.343 e. The molecule has 2 aromatic carbocycles. The second-order valence-corrected chi connectivity index (χ2v) is 6.05. The van der Waals surface area contributed by atoms with Crippen molar-refractivity contribution in [2.24, 2.45) is 5.92 Å². The number of hydrogen-bond donors (Lipinski definition) is 0. The first-order valence-electron chi connectivity index (χ1n) is 8.48. The first-order chi connectivity index (χ1) is 13.1. The summed E-state index contributed by atoms with van der Waals surface area (Å²) in [7, 11) is 0. The maximum atomic E-state index is 13.6. The van der Waals surface area contributed by atoms with Gasteiger partial charge in [0, 0.05) is 17.5 Å². The second-order valence-electron chi connectivity index (χ2n) is 6.05. The summed E-state index contributed by atoms with van der Waals surface area (Å²) in [5.74, 6) is -1.08. The SMILES string of the molecule is C/C=C/C1COC(c2ccc(C(=O)Oc3ccc(C#N)c(F)c3)cc2)OC1. The Morgan fingerprint density at radius 2 is 1.93 bits per heavy atom. The summed E-state index contributed by atoms with van der Waals surface area (Å²) in [4.78, 5) is 12.2. The highest BCUT2D eigenvalue weighted by molar-refractivity contribution is 5.91. The minimum Gasteiger partial charge on any atom is -0.423 e. The molecule has 1 fully saturated rings. The van der Waals surface area contributed by atoms with Crippen molar-refractivity contribution in [2.75, 3.05) is 13.2 Å². The molecule has 5 nitrogen and oxygen atoms in total. The fraction of sp³-hybridized carbons (Fsp3) is 0.238. The Kier molecular flexibility index (Phi) is 5.97. The predicted molar refractivity (Wildman–Crippen MR) is 95.5 cm³/mol. The Hall–Kier alpha value is -3.01. The summed E-state index contributed by atoms with van der Waals surface area (Å²) in [6.07, 6.45) is 3.54. The van der Waals surface area contributed by atoms with Crippen molar-refractivity contribution in [1.29, 1.82) is 5.26 Å². The molecular weight excluding hydrogens is 349 g/mol. The number of esters is 1. The number of carbonyl (C=O) groups is 1. The van der Waals surface area contributed by atoms with E-state index in [4.69, 9.17) is 19.5 Å². The molecule has 0 aromatic heterocycles. The highest BCUT2D eigenvalue weighted by Gasteiger charge is 2.22. The van der Waals surface area contributed by atoms with Gasteiger partial charge in [0.25, 0.3) is 0 Å². The van der Waals surface area contributed by atoms with Crippen LogP contribution in [-0.4, -0.2) is 19.2 Å². The number of halogens is 1. The highest BCUT2D eigenvalue weighted by Crippen LogP contribution is 2.26. The van der Waals surface area contributed by atoms with Crippen molar-refractivity contribution in [3.8, 4) is 11.8 Å². The van der Waals surface area contributed by atoms with Crippen LogP contribution in [0.5, 0.6) is 5.75 Å². The highest BCUT2D eigenvalue weighted by atomic mass is 19.1. The maximum Gasteiger partial charge on any atom is 0.343 e. The summed E-state index contributed by atoms with van der Waals surface area (Å²) in [6, 6.07) is 12.0. The average molecular weight is 367 g/mol. The Labute approximate surface area is 156 Å². The van der Waals surface area contributed by atoms with Crippen LogP contribution in [0.2, 0.25) is 0 Å². The number of benzene rings is 2. The number of hydrogen-bond acceptors (Lipinski definition) is 5. The number of nitrogens with zero attached hydrogens (tertiary/aromatic N) is 1. The van der Waals surface area contributed by atoms with Gasteiger partial charge in [0.05, 0.1) is 24.3 Å². The van der Waals surface area contributed by atoms with E-state index in [1.165, 1.54) is 12.1 Å². The van der Waals surface area contributed by atoms with Crippen molar-refractivity contribution in [2.45, 2.75) is 13.2 Å². The molecule has 0 bridgehead atoms. The van der Waals surface area contributed by atoms with Crippen LogP contribution in [0, 0.1) is 23.1 Å². The minimum absolute atomic E-state index is 0.0366. The summed E-state index contributed by atoms with van der Waals surface area (Å²) < 4.78 is 30.1. The first-order valence-corrected chi connectivity index (χ1v) is 8.48. The summed E-state index contributed by atoms with van der Waals surface area (Å²) in [6.45, 7) is 3.10. The van der Waals surface area contributed by atoms with E-state index in [1.54, 1.807) is 30.3 Å². The molecule has 27 heavy (non-hydrogen) atoms. The quantitative estimate of drug-likeness (QED) is 0.461. The lowest BCUT2D eigenvalue weighted by molar-refractivity contribution is -0.197. The molecule has 138 valence electrons. The second kappa shape index (κ2) is 8.58. The molecule has 0 saturated carbocycles. The summed E-state index contributed by atoms with van der Waals surface area (Å²) in [5, 5.41) is 8.72. The lowest BCUT2D eigenvalue weighted by Crippen LogP contribution is -2.25. The van der Waals surface area contributed by atoms with Crippen LogP contribution >= 0.6 is 0 Å². The van der Waals surface area contributed by atoms with E-state index < -0.39 is 18.1 Å². The zero-order chi connectivity index (χ0) is 19.2. The standard InChI is InChI=1S/C21H18FNO4/c1-2-3-14-12-25-21(26-13-14)16-6-4-15(5-7-16)20(24)27-18-9-8-17(11-23)19(22)10-18/h2-10,14,21H,12-13H2,1H3/b3-2+. The van der Waals surface area contributed by atoms with E-state index in [-0.39, 0.29) is 17.2 Å². The average Bonchev–Trinajstić information content (AvgIpc) is 2.69. The normalized spacial score (nSPS) is 19.6. The molecule has 2 aromatic rings. The van der Waals surface area contributed by atoms with Crippen LogP contribution in [0.3, 0.4) is 0 Å². The first kappa shape index (κ1) is 18.8. The summed E-state index contributed by atoms with van der Waals surface area (Å²) >= 11 is 0. The molecule has 0 atom stereocenters. The molecule has 0 amide bonds. The molecule has 6 heteroatoms. The zero-order valence-electron chi connectivity index (χ0n) is 14.7. The molecule has 1 aliphatic rings. The number of carbonyl (C=O) groups excluding carboxylic acids is 1. The Morgan fingerprint density at radius 1 is 1.22 bits per heavy atom. The fourth-order valence-electron chi connectivity index (χ4n) is 2.69. The lowest BCUT2D eigenvalue weighted by Gasteiger charge is -2.28. The molecule has 1 aliphatic heterocycles. The van der Waals surface area contributed by atoms with Gasteiger partial charge in [-0.15, -0.1) is 0 Å². The molecule has 0 N–H and O–H groups in total. The monoisotopic (exact) mass is 367 g/mol.